The van der Waals surface area contributed by atoms with Gasteiger partial charge >= 0.3 is 0 Å². The van der Waals surface area contributed by atoms with Crippen molar-refractivity contribution in [2.75, 3.05) is 13.1 Å². The van der Waals surface area contributed by atoms with Crippen LogP contribution in [0.4, 0.5) is 0 Å². The Balaban J connectivity index is 2.07. The smallest absolute Gasteiger partial charge is 0.189 e. The lowest BCUT2D eigenvalue weighted by Crippen LogP contribution is -2.57. The molecule has 1 heterocycles. The van der Waals surface area contributed by atoms with Gasteiger partial charge in [0.05, 0.1) is 12.8 Å². The van der Waals surface area contributed by atoms with E-state index in [2.05, 4.69) is 18.5 Å². The van der Waals surface area contributed by atoms with Gasteiger partial charge < -0.3 is 5.11 Å². The lowest BCUT2D eigenvalue weighted by Gasteiger charge is -2.40. The van der Waals surface area contributed by atoms with Gasteiger partial charge in [0, 0.05) is 13.3 Å². The summed E-state index contributed by atoms with van der Waals surface area (Å²) in [6, 6.07) is 0. The molecule has 0 bridgehead atoms. The van der Waals surface area contributed by atoms with Crippen LogP contribution in [0, 0.1) is 0 Å². The fourth-order valence-corrected chi connectivity index (χ4v) is 3.59. The van der Waals surface area contributed by atoms with Gasteiger partial charge in [-0.2, -0.15) is 0 Å². The molecule has 0 saturated heterocycles. The molecule has 0 aromatic carbocycles. The molecule has 3 unspecified atom stereocenters. The van der Waals surface area contributed by atoms with Gasteiger partial charge in [-0.25, -0.2) is 4.99 Å². The van der Waals surface area contributed by atoms with Gasteiger partial charge in [-0.1, -0.05) is 44.6 Å². The van der Waals surface area contributed by atoms with Crippen molar-refractivity contribution in [2.45, 2.75) is 90.4 Å². The molecule has 0 amide bonds. The zero-order valence-electron chi connectivity index (χ0n) is 14.8. The Kier molecular flexibility index (Phi) is 9.65. The first-order valence-electron chi connectivity index (χ1n) is 9.34. The van der Waals surface area contributed by atoms with E-state index < -0.39 is 0 Å². The predicted octanol–water partition coefficient (Wildman–Crippen LogP) is 4.66. The quantitative estimate of drug-likeness (QED) is 0.299. The van der Waals surface area contributed by atoms with Gasteiger partial charge in [0.1, 0.15) is 6.54 Å². The Morgan fingerprint density at radius 2 is 1.77 bits per heavy atom. The normalized spacial score (nSPS) is 25.5. The number of hydrogen-bond acceptors (Lipinski definition) is 2. The highest BCUT2D eigenvalue weighted by atomic mass is 16.3. The molecule has 3 atom stereocenters. The molecular weight excluding hydrogens is 272 g/mol. The topological polar surface area (TPSA) is 32.6 Å². The van der Waals surface area contributed by atoms with Crippen LogP contribution in [0.2, 0.25) is 0 Å². The number of hydrogen-bond donors (Lipinski definition) is 1. The number of rotatable bonds is 13. The molecule has 1 N–H and O–H groups in total. The van der Waals surface area contributed by atoms with Crippen LogP contribution in [0.3, 0.4) is 0 Å². The molecule has 1 aliphatic heterocycles. The molecule has 0 fully saturated rings. The molecule has 0 saturated carbocycles. The molecule has 0 aromatic heterocycles. The molecule has 1 aliphatic rings. The van der Waals surface area contributed by atoms with Crippen molar-refractivity contribution < 1.29 is 9.59 Å². The van der Waals surface area contributed by atoms with Crippen LogP contribution >= 0.6 is 0 Å². The van der Waals surface area contributed by atoms with Gasteiger partial charge in [-0.05, 0) is 26.2 Å². The minimum Gasteiger partial charge on any atom is -0.345 e. The van der Waals surface area contributed by atoms with Crippen LogP contribution < -0.4 is 0 Å². The molecular formula is C19H37N2O+. The molecule has 0 radical (unpaired) electrons. The van der Waals surface area contributed by atoms with Crippen molar-refractivity contribution >= 4 is 6.21 Å². The second kappa shape index (κ2) is 11.0. The molecule has 1 rings (SSSR count). The number of aliphatic hydroxyl groups excluding tert-OH is 1. The Hall–Kier alpha value is -0.670. The first-order valence-corrected chi connectivity index (χ1v) is 9.34. The number of unbranched alkanes of at least 4 members (excludes halogenated alkanes) is 8. The molecule has 0 aromatic rings. The SMILES string of the molecule is C=CCCCCCCCCCCC1N=CC[N+]1(CC)C(C)O. The minimum atomic E-state index is -0.312. The van der Waals surface area contributed by atoms with Crippen LogP contribution in [-0.2, 0) is 0 Å². The molecule has 0 aliphatic carbocycles. The third kappa shape index (κ3) is 5.85. The summed E-state index contributed by atoms with van der Waals surface area (Å²) in [6.07, 6.45) is 17.0. The van der Waals surface area contributed by atoms with Gasteiger partial charge in [-0.3, -0.25) is 4.48 Å². The van der Waals surface area contributed by atoms with Crippen molar-refractivity contribution in [2.24, 2.45) is 4.99 Å². The minimum absolute atomic E-state index is 0.281. The highest BCUT2D eigenvalue weighted by molar-refractivity contribution is 5.60. The largest absolute Gasteiger partial charge is 0.345 e. The predicted molar refractivity (Wildman–Crippen MR) is 96.0 cm³/mol. The summed E-state index contributed by atoms with van der Waals surface area (Å²) in [6.45, 7) is 9.70. The summed E-state index contributed by atoms with van der Waals surface area (Å²) < 4.78 is 0.739. The summed E-state index contributed by atoms with van der Waals surface area (Å²) in [4.78, 5) is 4.64. The Bertz CT molecular complexity index is 327. The van der Waals surface area contributed by atoms with Crippen molar-refractivity contribution in [1.82, 2.24) is 0 Å². The third-order valence-electron chi connectivity index (χ3n) is 5.25. The molecule has 3 nitrogen and oxygen atoms in total. The highest BCUT2D eigenvalue weighted by Gasteiger charge is 2.41. The maximum atomic E-state index is 10.1. The summed E-state index contributed by atoms with van der Waals surface area (Å²) in [5.74, 6) is 0. The van der Waals surface area contributed by atoms with Crippen LogP contribution in [-0.4, -0.2) is 41.3 Å². The van der Waals surface area contributed by atoms with Crippen LogP contribution in [0.15, 0.2) is 17.6 Å². The second-order valence-electron chi connectivity index (χ2n) is 6.74. The molecule has 128 valence electrons. The fourth-order valence-electron chi connectivity index (χ4n) is 3.59. The van der Waals surface area contributed by atoms with E-state index in [4.69, 9.17) is 0 Å². The number of nitrogens with zero attached hydrogens (tertiary/aromatic N) is 2. The number of aliphatic imine (C=N–C) groups is 1. The Morgan fingerprint density at radius 3 is 2.32 bits per heavy atom. The Labute approximate surface area is 137 Å². The van der Waals surface area contributed by atoms with Crippen LogP contribution in [0.5, 0.6) is 0 Å². The first kappa shape index (κ1) is 19.4. The van der Waals surface area contributed by atoms with E-state index in [0.717, 1.165) is 24.0 Å². The summed E-state index contributed by atoms with van der Waals surface area (Å²) in [7, 11) is 0. The van der Waals surface area contributed by atoms with E-state index in [1.165, 1.54) is 57.8 Å². The van der Waals surface area contributed by atoms with Crippen LogP contribution in [0.25, 0.3) is 0 Å². The number of allylic oxidation sites excluding steroid dienone is 1. The van der Waals surface area contributed by atoms with Gasteiger partial charge in [0.2, 0.25) is 0 Å². The zero-order valence-corrected chi connectivity index (χ0v) is 14.8. The van der Waals surface area contributed by atoms with E-state index in [-0.39, 0.29) is 12.4 Å². The van der Waals surface area contributed by atoms with E-state index in [1.54, 1.807) is 0 Å². The van der Waals surface area contributed by atoms with Crippen LogP contribution in [0.1, 0.15) is 78.1 Å². The van der Waals surface area contributed by atoms with Gasteiger partial charge in [-0.15, -0.1) is 6.58 Å². The zero-order chi connectivity index (χ0) is 16.3. The molecule has 0 spiro atoms. The van der Waals surface area contributed by atoms with E-state index in [1.807, 2.05) is 19.2 Å². The van der Waals surface area contributed by atoms with Crippen molar-refractivity contribution in [3.63, 3.8) is 0 Å². The molecule has 3 heteroatoms. The monoisotopic (exact) mass is 309 g/mol. The van der Waals surface area contributed by atoms with Gasteiger partial charge in [0.15, 0.2) is 12.4 Å². The van der Waals surface area contributed by atoms with Crippen molar-refractivity contribution in [3.8, 4) is 0 Å². The van der Waals surface area contributed by atoms with Crippen molar-refractivity contribution in [1.29, 1.82) is 0 Å². The number of quaternary nitrogens is 1. The molecule has 22 heavy (non-hydrogen) atoms. The van der Waals surface area contributed by atoms with E-state index in [0.29, 0.717) is 0 Å². The third-order valence-corrected chi connectivity index (χ3v) is 5.25. The van der Waals surface area contributed by atoms with E-state index >= 15 is 0 Å². The van der Waals surface area contributed by atoms with E-state index in [9.17, 15) is 5.11 Å². The number of aliphatic hydroxyl groups is 1. The fraction of sp³-hybridized carbons (Fsp3) is 0.842. The maximum Gasteiger partial charge on any atom is 0.189 e. The summed E-state index contributed by atoms with van der Waals surface area (Å²) in [5, 5.41) is 10.1. The lowest BCUT2D eigenvalue weighted by molar-refractivity contribution is -0.976. The second-order valence-corrected chi connectivity index (χ2v) is 6.74. The summed E-state index contributed by atoms with van der Waals surface area (Å²) in [5.41, 5.74) is 0. The van der Waals surface area contributed by atoms with Gasteiger partial charge in [0.25, 0.3) is 0 Å². The average Bonchev–Trinajstić information content (AvgIpc) is 2.93. The maximum absolute atomic E-state index is 10.1. The Morgan fingerprint density at radius 1 is 1.18 bits per heavy atom. The van der Waals surface area contributed by atoms with Crippen molar-refractivity contribution in [3.05, 3.63) is 12.7 Å². The standard InChI is InChI=1S/C19H37N2O/c1-4-6-7-8-9-10-11-12-13-14-15-19-20-16-17-21(19,5-2)18(3)22/h4,16,18-19,22H,1,5-15,17H2,2-3H3/q+1. The summed E-state index contributed by atoms with van der Waals surface area (Å²) >= 11 is 0. The first-order chi connectivity index (χ1) is 10.7. The highest BCUT2D eigenvalue weighted by Crippen LogP contribution is 2.26. The lowest BCUT2D eigenvalue weighted by atomic mass is 10.1. The average molecular weight is 310 g/mol.